The van der Waals surface area contributed by atoms with Gasteiger partial charge in [-0.1, -0.05) is 23.8 Å². The lowest BCUT2D eigenvalue weighted by Gasteiger charge is -2.07. The van der Waals surface area contributed by atoms with Crippen LogP contribution < -0.4 is 5.69 Å². The van der Waals surface area contributed by atoms with Crippen LogP contribution in [-0.4, -0.2) is 22.9 Å². The summed E-state index contributed by atoms with van der Waals surface area (Å²) in [5.41, 5.74) is 2.11. The second-order valence-electron chi connectivity index (χ2n) is 6.17. The smallest absolute Gasteiger partial charge is 0.268 e. The first-order chi connectivity index (χ1) is 12.2. The molecule has 0 unspecified atom stereocenters. The van der Waals surface area contributed by atoms with Gasteiger partial charge in [-0.15, -0.1) is 0 Å². The Hall–Kier alpha value is -2.93. The van der Waals surface area contributed by atoms with Crippen molar-refractivity contribution in [2.75, 3.05) is 0 Å². The number of carbonyl (C=O) groups excluding carboxylic acids is 1. The molecule has 0 bridgehead atoms. The van der Waals surface area contributed by atoms with Crippen LogP contribution in [0.2, 0.25) is 0 Å². The third kappa shape index (κ3) is 3.01. The zero-order valence-corrected chi connectivity index (χ0v) is 15.4. The number of imidazole rings is 1. The standard InChI is InChI=1S/C19H18N2O4S/c1-13-4-7-16(8-5-13)18(22)20-10-11-21(19(20)23)26(24,25)17-9-6-14(2)15(3)12-17/h4-12H,1-3H3. The van der Waals surface area contributed by atoms with Gasteiger partial charge in [0.1, 0.15) is 0 Å². The van der Waals surface area contributed by atoms with Crippen LogP contribution in [0.4, 0.5) is 0 Å². The summed E-state index contributed by atoms with van der Waals surface area (Å²) < 4.78 is 26.9. The highest BCUT2D eigenvalue weighted by atomic mass is 32.2. The Kier molecular flexibility index (Phi) is 4.41. The summed E-state index contributed by atoms with van der Waals surface area (Å²) in [5, 5.41) is 0. The van der Waals surface area contributed by atoms with Gasteiger partial charge in [0.05, 0.1) is 4.90 Å². The summed E-state index contributed by atoms with van der Waals surface area (Å²) in [6.45, 7) is 5.55. The SMILES string of the molecule is Cc1ccc(C(=O)n2ccn(S(=O)(=O)c3ccc(C)c(C)c3)c2=O)cc1. The van der Waals surface area contributed by atoms with E-state index in [9.17, 15) is 18.0 Å². The molecule has 134 valence electrons. The zero-order valence-electron chi connectivity index (χ0n) is 14.6. The molecule has 0 aliphatic carbocycles. The summed E-state index contributed by atoms with van der Waals surface area (Å²) in [4.78, 5) is 25.1. The van der Waals surface area contributed by atoms with Crippen molar-refractivity contribution in [3.63, 3.8) is 0 Å². The molecular formula is C19H18N2O4S. The fraction of sp³-hybridized carbons (Fsp3) is 0.158. The highest BCUT2D eigenvalue weighted by molar-refractivity contribution is 7.90. The number of aromatic nitrogens is 2. The maximum atomic E-state index is 12.8. The van der Waals surface area contributed by atoms with E-state index in [-0.39, 0.29) is 4.90 Å². The first-order valence-electron chi connectivity index (χ1n) is 7.96. The lowest BCUT2D eigenvalue weighted by molar-refractivity contribution is 0.0956. The van der Waals surface area contributed by atoms with Gasteiger partial charge in [-0.3, -0.25) is 4.79 Å². The molecule has 0 saturated heterocycles. The second kappa shape index (κ2) is 6.42. The van der Waals surface area contributed by atoms with Crippen LogP contribution in [0.5, 0.6) is 0 Å². The van der Waals surface area contributed by atoms with Gasteiger partial charge >= 0.3 is 5.69 Å². The third-order valence-electron chi connectivity index (χ3n) is 4.30. The highest BCUT2D eigenvalue weighted by Gasteiger charge is 2.23. The van der Waals surface area contributed by atoms with Crippen molar-refractivity contribution in [3.05, 3.63) is 87.6 Å². The molecule has 6 nitrogen and oxygen atoms in total. The predicted octanol–water partition coefficient (Wildman–Crippen LogP) is 2.50. The van der Waals surface area contributed by atoms with Gasteiger partial charge in [0.2, 0.25) is 0 Å². The molecule has 0 aliphatic rings. The van der Waals surface area contributed by atoms with E-state index in [4.69, 9.17) is 0 Å². The van der Waals surface area contributed by atoms with Gasteiger partial charge < -0.3 is 0 Å². The van der Waals surface area contributed by atoms with Gasteiger partial charge in [0.15, 0.2) is 0 Å². The Balaban J connectivity index is 2.05. The fourth-order valence-electron chi connectivity index (χ4n) is 2.52. The lowest BCUT2D eigenvalue weighted by Crippen LogP contribution is -2.32. The van der Waals surface area contributed by atoms with Gasteiger partial charge in [0, 0.05) is 18.0 Å². The second-order valence-corrected chi connectivity index (χ2v) is 7.98. The number of carbonyl (C=O) groups is 1. The van der Waals surface area contributed by atoms with Gasteiger partial charge in [-0.2, -0.15) is 3.97 Å². The number of aryl methyl sites for hydroxylation is 3. The molecule has 0 radical (unpaired) electrons. The van der Waals surface area contributed by atoms with Crippen LogP contribution >= 0.6 is 0 Å². The van der Waals surface area contributed by atoms with Crippen molar-refractivity contribution in [2.24, 2.45) is 0 Å². The lowest BCUT2D eigenvalue weighted by atomic mass is 10.1. The normalized spacial score (nSPS) is 11.5. The fourth-order valence-corrected chi connectivity index (χ4v) is 3.82. The number of hydrogen-bond donors (Lipinski definition) is 0. The van der Waals surface area contributed by atoms with Crippen molar-refractivity contribution in [1.29, 1.82) is 0 Å². The van der Waals surface area contributed by atoms with E-state index < -0.39 is 21.6 Å². The Morgan fingerprint density at radius 2 is 1.54 bits per heavy atom. The summed E-state index contributed by atoms with van der Waals surface area (Å²) in [5.74, 6) is -0.580. The van der Waals surface area contributed by atoms with E-state index in [1.807, 2.05) is 13.8 Å². The van der Waals surface area contributed by atoms with Gasteiger partial charge in [-0.25, -0.2) is 17.8 Å². The van der Waals surface area contributed by atoms with Crippen LogP contribution in [-0.2, 0) is 10.0 Å². The molecule has 0 N–H and O–H groups in total. The van der Waals surface area contributed by atoms with Crippen LogP contribution in [0.25, 0.3) is 0 Å². The van der Waals surface area contributed by atoms with E-state index in [2.05, 4.69) is 0 Å². The molecule has 1 aromatic heterocycles. The predicted molar refractivity (Wildman–Crippen MR) is 98.1 cm³/mol. The van der Waals surface area contributed by atoms with E-state index in [0.29, 0.717) is 9.54 Å². The monoisotopic (exact) mass is 370 g/mol. The topological polar surface area (TPSA) is 78.1 Å². The average Bonchev–Trinajstić information content (AvgIpc) is 2.99. The van der Waals surface area contributed by atoms with E-state index in [1.165, 1.54) is 18.3 Å². The van der Waals surface area contributed by atoms with Crippen molar-refractivity contribution in [1.82, 2.24) is 8.54 Å². The summed E-state index contributed by atoms with van der Waals surface area (Å²) >= 11 is 0. The summed E-state index contributed by atoms with van der Waals surface area (Å²) in [6, 6.07) is 11.3. The Bertz CT molecular complexity index is 1150. The zero-order chi connectivity index (χ0) is 19.1. The molecule has 0 saturated carbocycles. The number of nitrogens with zero attached hydrogens (tertiary/aromatic N) is 2. The minimum absolute atomic E-state index is 0.00300. The van der Waals surface area contributed by atoms with E-state index in [0.717, 1.165) is 27.5 Å². The summed E-state index contributed by atoms with van der Waals surface area (Å²) in [7, 11) is -4.08. The molecular weight excluding hydrogens is 352 g/mol. The van der Waals surface area contributed by atoms with Gasteiger partial charge in [0.25, 0.3) is 15.9 Å². The van der Waals surface area contributed by atoms with Crippen LogP contribution in [0.15, 0.2) is 64.5 Å². The largest absolute Gasteiger partial charge is 0.349 e. The number of hydrogen-bond acceptors (Lipinski definition) is 4. The molecule has 0 fully saturated rings. The molecule has 0 spiro atoms. The number of rotatable bonds is 3. The maximum absolute atomic E-state index is 12.8. The molecule has 0 aliphatic heterocycles. The quantitative estimate of drug-likeness (QED) is 0.710. The molecule has 7 heteroatoms. The van der Waals surface area contributed by atoms with Crippen molar-refractivity contribution in [3.8, 4) is 0 Å². The molecule has 3 aromatic rings. The minimum Gasteiger partial charge on any atom is -0.268 e. The van der Waals surface area contributed by atoms with E-state index in [1.54, 1.807) is 37.3 Å². The first-order valence-corrected chi connectivity index (χ1v) is 9.40. The molecule has 3 rings (SSSR count). The maximum Gasteiger partial charge on any atom is 0.349 e. The average molecular weight is 370 g/mol. The minimum atomic E-state index is -4.08. The van der Waals surface area contributed by atoms with Crippen molar-refractivity contribution >= 4 is 15.9 Å². The first kappa shape index (κ1) is 17.9. The van der Waals surface area contributed by atoms with E-state index >= 15 is 0 Å². The highest BCUT2D eigenvalue weighted by Crippen LogP contribution is 2.17. The van der Waals surface area contributed by atoms with Crippen molar-refractivity contribution in [2.45, 2.75) is 25.7 Å². The Morgan fingerprint density at radius 1 is 0.885 bits per heavy atom. The van der Waals surface area contributed by atoms with Crippen LogP contribution in [0.1, 0.15) is 27.0 Å². The summed E-state index contributed by atoms with van der Waals surface area (Å²) in [6.07, 6.45) is 2.27. The molecule has 2 aromatic carbocycles. The molecule has 0 atom stereocenters. The van der Waals surface area contributed by atoms with Crippen molar-refractivity contribution < 1.29 is 13.2 Å². The Labute approximate surface area is 151 Å². The molecule has 1 heterocycles. The molecule has 0 amide bonds. The van der Waals surface area contributed by atoms with Gasteiger partial charge in [-0.05, 0) is 56.2 Å². The van der Waals surface area contributed by atoms with Crippen LogP contribution in [0.3, 0.4) is 0 Å². The number of benzene rings is 2. The third-order valence-corrected chi connectivity index (χ3v) is 5.94. The van der Waals surface area contributed by atoms with Crippen LogP contribution in [0, 0.1) is 20.8 Å². The molecule has 26 heavy (non-hydrogen) atoms. The Morgan fingerprint density at radius 3 is 2.15 bits per heavy atom.